The quantitative estimate of drug-likeness (QED) is 0.265. The monoisotopic (exact) mass is 488 g/mol. The van der Waals surface area contributed by atoms with Crippen molar-refractivity contribution in [3.05, 3.63) is 122 Å². The average molecular weight is 489 g/mol. The Morgan fingerprint density at radius 3 is 2.03 bits per heavy atom. The van der Waals surface area contributed by atoms with Crippen molar-refractivity contribution in [3.8, 4) is 22.8 Å². The first kappa shape index (κ1) is 20.8. The van der Waals surface area contributed by atoms with E-state index in [9.17, 15) is 0 Å². The molecule has 6 heterocycles. The molecule has 0 aliphatic rings. The lowest BCUT2D eigenvalue weighted by molar-refractivity contribution is 1.12. The van der Waals surface area contributed by atoms with Crippen LogP contribution in [-0.2, 0) is 0 Å². The number of fused-ring (bicyclic) bond motifs is 7. The Morgan fingerprint density at radius 1 is 0.421 bits per heavy atom. The fourth-order valence-corrected chi connectivity index (χ4v) is 5.49. The number of hydrogen-bond donors (Lipinski definition) is 0. The van der Waals surface area contributed by atoms with Crippen LogP contribution in [0.15, 0.2) is 122 Å². The summed E-state index contributed by atoms with van der Waals surface area (Å²) >= 11 is 0. The number of para-hydroxylation sites is 2. The Balaban J connectivity index is 1.52. The van der Waals surface area contributed by atoms with Crippen LogP contribution in [0.2, 0.25) is 0 Å². The van der Waals surface area contributed by atoms with Crippen molar-refractivity contribution in [2.45, 2.75) is 0 Å². The summed E-state index contributed by atoms with van der Waals surface area (Å²) < 4.78 is 4.57. The Morgan fingerprint density at radius 2 is 1.18 bits per heavy atom. The Labute approximate surface area is 217 Å². The maximum absolute atomic E-state index is 4.98. The van der Waals surface area contributed by atoms with E-state index < -0.39 is 0 Å². The first-order valence-electron chi connectivity index (χ1n) is 12.5. The van der Waals surface area contributed by atoms with Gasteiger partial charge in [-0.1, -0.05) is 42.5 Å². The van der Waals surface area contributed by atoms with E-state index in [2.05, 4.69) is 74.8 Å². The van der Waals surface area contributed by atoms with Crippen LogP contribution in [0.3, 0.4) is 0 Å². The molecule has 0 radical (unpaired) electrons. The molecule has 0 saturated carbocycles. The molecule has 6 heteroatoms. The number of nitrogens with zero attached hydrogens (tertiary/aromatic N) is 6. The van der Waals surface area contributed by atoms with Crippen molar-refractivity contribution in [1.82, 2.24) is 29.1 Å². The summed E-state index contributed by atoms with van der Waals surface area (Å²) in [6.07, 6.45) is 7.51. The van der Waals surface area contributed by atoms with Gasteiger partial charge in [-0.2, -0.15) is 0 Å². The summed E-state index contributed by atoms with van der Waals surface area (Å²) in [5.74, 6) is 0. The normalized spacial score (nSPS) is 11.7. The zero-order chi connectivity index (χ0) is 25.1. The van der Waals surface area contributed by atoms with Gasteiger partial charge in [0.05, 0.1) is 45.3 Å². The fraction of sp³-hybridized carbons (Fsp3) is 0. The van der Waals surface area contributed by atoms with E-state index in [1.165, 1.54) is 0 Å². The molecule has 0 aliphatic carbocycles. The summed E-state index contributed by atoms with van der Waals surface area (Å²) in [6.45, 7) is 0. The second-order valence-corrected chi connectivity index (χ2v) is 9.23. The molecular formula is C32H20N6. The molecule has 178 valence electrons. The number of aromatic nitrogens is 6. The highest BCUT2D eigenvalue weighted by molar-refractivity contribution is 6.21. The predicted octanol–water partition coefficient (Wildman–Crippen LogP) is 7.13. The van der Waals surface area contributed by atoms with E-state index in [0.717, 1.165) is 66.6 Å². The van der Waals surface area contributed by atoms with Crippen molar-refractivity contribution in [1.29, 1.82) is 0 Å². The number of benzene rings is 2. The van der Waals surface area contributed by atoms with Crippen LogP contribution < -0.4 is 0 Å². The number of pyridine rings is 4. The summed E-state index contributed by atoms with van der Waals surface area (Å²) in [4.78, 5) is 19.0. The molecule has 0 spiro atoms. The van der Waals surface area contributed by atoms with E-state index >= 15 is 0 Å². The van der Waals surface area contributed by atoms with Crippen LogP contribution in [0.25, 0.3) is 66.6 Å². The lowest BCUT2D eigenvalue weighted by Crippen LogP contribution is -2.00. The van der Waals surface area contributed by atoms with Gasteiger partial charge in [-0.15, -0.1) is 0 Å². The number of hydrogen-bond acceptors (Lipinski definition) is 4. The van der Waals surface area contributed by atoms with Crippen LogP contribution in [0.5, 0.6) is 0 Å². The minimum Gasteiger partial charge on any atom is -0.307 e. The van der Waals surface area contributed by atoms with Gasteiger partial charge in [-0.05, 0) is 54.6 Å². The molecule has 0 unspecified atom stereocenters. The zero-order valence-corrected chi connectivity index (χ0v) is 20.2. The molecule has 0 N–H and O–H groups in total. The van der Waals surface area contributed by atoms with Gasteiger partial charge in [0.15, 0.2) is 0 Å². The topological polar surface area (TPSA) is 61.4 Å². The van der Waals surface area contributed by atoms with Gasteiger partial charge in [-0.3, -0.25) is 19.9 Å². The second-order valence-electron chi connectivity index (χ2n) is 9.23. The summed E-state index contributed by atoms with van der Waals surface area (Å²) in [5, 5.41) is 2.26. The average Bonchev–Trinajstić information content (AvgIpc) is 3.51. The van der Waals surface area contributed by atoms with Gasteiger partial charge in [0.1, 0.15) is 11.0 Å². The fourth-order valence-electron chi connectivity index (χ4n) is 5.49. The minimum atomic E-state index is 0.829. The zero-order valence-electron chi connectivity index (χ0n) is 20.2. The standard InChI is InChI=1S/C32H20N6/c1-2-9-21(10-3-1)37-27-13-5-4-11-23(27)24-20-36-30-29-28(14-8-18-34-29)38(32(30)31(24)37)22-15-16-26(35-19-22)25-12-6-7-17-33-25/h1-20H. The maximum atomic E-state index is 4.98. The first-order valence-corrected chi connectivity index (χ1v) is 12.5. The van der Waals surface area contributed by atoms with Crippen LogP contribution in [0.1, 0.15) is 0 Å². The molecule has 0 bridgehead atoms. The maximum Gasteiger partial charge on any atom is 0.117 e. The van der Waals surface area contributed by atoms with E-state index in [4.69, 9.17) is 15.0 Å². The molecule has 2 aromatic carbocycles. The van der Waals surface area contributed by atoms with E-state index in [-0.39, 0.29) is 0 Å². The minimum absolute atomic E-state index is 0.829. The predicted molar refractivity (Wildman–Crippen MR) is 152 cm³/mol. The van der Waals surface area contributed by atoms with Crippen LogP contribution >= 0.6 is 0 Å². The first-order chi connectivity index (χ1) is 18.9. The molecule has 0 aliphatic heterocycles. The van der Waals surface area contributed by atoms with Gasteiger partial charge >= 0.3 is 0 Å². The molecular weight excluding hydrogens is 468 g/mol. The molecule has 0 fully saturated rings. The molecule has 6 nitrogen and oxygen atoms in total. The van der Waals surface area contributed by atoms with Gasteiger partial charge in [0, 0.05) is 35.1 Å². The van der Waals surface area contributed by atoms with Crippen molar-refractivity contribution in [2.75, 3.05) is 0 Å². The van der Waals surface area contributed by atoms with Crippen molar-refractivity contribution < 1.29 is 0 Å². The third-order valence-corrected chi connectivity index (χ3v) is 7.11. The molecule has 0 saturated heterocycles. The molecule has 0 amide bonds. The summed E-state index contributed by atoms with van der Waals surface area (Å²) in [7, 11) is 0. The van der Waals surface area contributed by atoms with Crippen LogP contribution in [0.4, 0.5) is 0 Å². The van der Waals surface area contributed by atoms with Crippen molar-refractivity contribution in [3.63, 3.8) is 0 Å². The molecule has 8 aromatic rings. The smallest absolute Gasteiger partial charge is 0.117 e. The second kappa shape index (κ2) is 8.08. The molecule has 0 atom stereocenters. The summed E-state index contributed by atoms with van der Waals surface area (Å²) in [5.41, 5.74) is 9.65. The molecule has 6 aromatic heterocycles. The third kappa shape index (κ3) is 2.94. The number of rotatable bonds is 3. The van der Waals surface area contributed by atoms with E-state index in [1.54, 1.807) is 6.20 Å². The van der Waals surface area contributed by atoms with Crippen LogP contribution in [0, 0.1) is 0 Å². The Bertz CT molecular complexity index is 2110. The van der Waals surface area contributed by atoms with Crippen molar-refractivity contribution in [2.24, 2.45) is 0 Å². The lowest BCUT2D eigenvalue weighted by atomic mass is 10.2. The van der Waals surface area contributed by atoms with Gasteiger partial charge in [0.25, 0.3) is 0 Å². The van der Waals surface area contributed by atoms with Crippen LogP contribution in [-0.4, -0.2) is 29.1 Å². The highest BCUT2D eigenvalue weighted by Gasteiger charge is 2.22. The Hall–Kier alpha value is -5.36. The van der Waals surface area contributed by atoms with Crippen molar-refractivity contribution >= 4 is 43.9 Å². The highest BCUT2D eigenvalue weighted by atomic mass is 15.1. The SMILES string of the molecule is c1ccc(-n2c3ccccc3c3cnc4c5ncccc5n(-c5ccc(-c6ccccn6)nc5)c4c32)cc1. The lowest BCUT2D eigenvalue weighted by Gasteiger charge is -2.12. The molecule has 8 rings (SSSR count). The van der Waals surface area contributed by atoms with E-state index in [1.807, 2.05) is 55.0 Å². The summed E-state index contributed by atoms with van der Waals surface area (Å²) in [6, 6.07) is 33.0. The van der Waals surface area contributed by atoms with Gasteiger partial charge in [0.2, 0.25) is 0 Å². The van der Waals surface area contributed by atoms with Gasteiger partial charge < -0.3 is 9.13 Å². The Kier molecular flexibility index (Phi) is 4.42. The largest absolute Gasteiger partial charge is 0.307 e. The highest BCUT2D eigenvalue weighted by Crippen LogP contribution is 2.39. The third-order valence-electron chi connectivity index (χ3n) is 7.11. The van der Waals surface area contributed by atoms with E-state index in [0.29, 0.717) is 0 Å². The van der Waals surface area contributed by atoms with Gasteiger partial charge in [-0.25, -0.2) is 0 Å². The molecule has 38 heavy (non-hydrogen) atoms.